The van der Waals surface area contributed by atoms with Crippen molar-refractivity contribution in [1.29, 1.82) is 0 Å². The summed E-state index contributed by atoms with van der Waals surface area (Å²) in [7, 11) is 0. The molecule has 2 rings (SSSR count). The molecule has 1 aromatic carbocycles. The van der Waals surface area contributed by atoms with Gasteiger partial charge in [0.2, 0.25) is 0 Å². The van der Waals surface area contributed by atoms with Gasteiger partial charge in [0.15, 0.2) is 0 Å². The fourth-order valence-corrected chi connectivity index (χ4v) is 2.12. The van der Waals surface area contributed by atoms with Crippen molar-refractivity contribution < 1.29 is 22.7 Å². The molecule has 0 amide bonds. The van der Waals surface area contributed by atoms with E-state index in [2.05, 4.69) is 4.98 Å². The Morgan fingerprint density at radius 3 is 2.29 bits per heavy atom. The van der Waals surface area contributed by atoms with Gasteiger partial charge in [-0.25, -0.2) is 9.37 Å². The van der Waals surface area contributed by atoms with Crippen LogP contribution in [0.4, 0.5) is 17.6 Å². The molecule has 21 heavy (non-hydrogen) atoms. The molecule has 0 spiro atoms. The van der Waals surface area contributed by atoms with Gasteiger partial charge >= 0.3 is 6.18 Å². The van der Waals surface area contributed by atoms with Gasteiger partial charge in [-0.1, -0.05) is 35.3 Å². The number of benzene rings is 1. The lowest BCUT2D eigenvalue weighted by Crippen LogP contribution is -2.10. The number of alkyl halides is 3. The molecule has 0 aliphatic heterocycles. The summed E-state index contributed by atoms with van der Waals surface area (Å²) in [6.45, 7) is 0. The first kappa shape index (κ1) is 16.0. The summed E-state index contributed by atoms with van der Waals surface area (Å²) >= 11 is 11.3. The third kappa shape index (κ3) is 3.45. The standard InChI is InChI=1S/C13H7Cl2F4NO/c14-8-5-6(1-3-9(8)16)11(21)7-2-4-10(13(17,18)19)20-12(7)15/h1-5,11,21H. The molecule has 1 aromatic heterocycles. The Labute approximate surface area is 127 Å². The molecule has 8 heteroatoms. The van der Waals surface area contributed by atoms with E-state index in [0.29, 0.717) is 6.07 Å². The molecule has 0 aliphatic rings. The SMILES string of the molecule is OC(c1ccc(F)c(Cl)c1)c1ccc(C(F)(F)F)nc1Cl. The largest absolute Gasteiger partial charge is 0.433 e. The second-order valence-corrected chi connectivity index (χ2v) is 4.92. The minimum Gasteiger partial charge on any atom is -0.384 e. The quantitative estimate of drug-likeness (QED) is 0.639. The smallest absolute Gasteiger partial charge is 0.384 e. The normalized spacial score (nSPS) is 13.3. The van der Waals surface area contributed by atoms with E-state index in [1.807, 2.05) is 0 Å². The number of halogens is 6. The molecule has 0 aliphatic carbocycles. The van der Waals surface area contributed by atoms with Crippen LogP contribution in [0.15, 0.2) is 30.3 Å². The molecule has 0 saturated carbocycles. The predicted octanol–water partition coefficient (Wildman–Crippen LogP) is 4.63. The zero-order valence-corrected chi connectivity index (χ0v) is 11.6. The van der Waals surface area contributed by atoms with Gasteiger partial charge in [0.25, 0.3) is 0 Å². The van der Waals surface area contributed by atoms with Gasteiger partial charge in [0.1, 0.15) is 22.8 Å². The lowest BCUT2D eigenvalue weighted by Gasteiger charge is -2.14. The maximum absolute atomic E-state index is 13.1. The molecule has 0 fully saturated rings. The van der Waals surface area contributed by atoms with Crippen LogP contribution in [0.25, 0.3) is 0 Å². The van der Waals surface area contributed by atoms with Crippen molar-refractivity contribution in [3.63, 3.8) is 0 Å². The molecule has 0 bridgehead atoms. The zero-order chi connectivity index (χ0) is 15.8. The average molecular weight is 340 g/mol. The molecule has 1 unspecified atom stereocenters. The summed E-state index contributed by atoms with van der Waals surface area (Å²) in [5.74, 6) is -0.677. The van der Waals surface area contributed by atoms with Crippen LogP contribution in [0.5, 0.6) is 0 Å². The summed E-state index contributed by atoms with van der Waals surface area (Å²) < 4.78 is 50.5. The van der Waals surface area contributed by atoms with Gasteiger partial charge in [-0.05, 0) is 23.8 Å². The Morgan fingerprint density at radius 1 is 1.10 bits per heavy atom. The second kappa shape index (κ2) is 5.79. The van der Waals surface area contributed by atoms with Crippen LogP contribution in [0.2, 0.25) is 10.2 Å². The molecule has 0 radical (unpaired) electrons. The summed E-state index contributed by atoms with van der Waals surface area (Å²) in [4.78, 5) is 3.20. The fraction of sp³-hybridized carbons (Fsp3) is 0.154. The van der Waals surface area contributed by atoms with E-state index in [-0.39, 0.29) is 16.1 Å². The fourth-order valence-electron chi connectivity index (χ4n) is 1.67. The Morgan fingerprint density at radius 2 is 1.76 bits per heavy atom. The summed E-state index contributed by atoms with van der Waals surface area (Å²) in [6, 6.07) is 5.16. The van der Waals surface area contributed by atoms with E-state index in [1.165, 1.54) is 6.07 Å². The minimum absolute atomic E-state index is 0.0349. The molecular weight excluding hydrogens is 333 g/mol. The third-order valence-electron chi connectivity index (χ3n) is 2.72. The lowest BCUT2D eigenvalue weighted by atomic mass is 10.0. The number of aliphatic hydroxyl groups is 1. The first-order valence-corrected chi connectivity index (χ1v) is 6.32. The Hall–Kier alpha value is -1.37. The highest BCUT2D eigenvalue weighted by molar-refractivity contribution is 6.31. The highest BCUT2D eigenvalue weighted by Crippen LogP contribution is 2.33. The molecule has 0 saturated heterocycles. The molecule has 1 atom stereocenters. The van der Waals surface area contributed by atoms with Crippen molar-refractivity contribution in [3.8, 4) is 0 Å². The molecule has 1 heterocycles. The molecule has 112 valence electrons. The Kier molecular flexibility index (Phi) is 4.41. The lowest BCUT2D eigenvalue weighted by molar-refractivity contribution is -0.141. The number of aliphatic hydroxyl groups excluding tert-OH is 1. The number of rotatable bonds is 2. The van der Waals surface area contributed by atoms with E-state index < -0.39 is 28.9 Å². The van der Waals surface area contributed by atoms with Crippen LogP contribution in [0, 0.1) is 5.82 Å². The number of pyridine rings is 1. The van der Waals surface area contributed by atoms with Crippen molar-refractivity contribution in [2.24, 2.45) is 0 Å². The van der Waals surface area contributed by atoms with Crippen LogP contribution in [0.1, 0.15) is 22.9 Å². The van der Waals surface area contributed by atoms with Crippen molar-refractivity contribution in [2.45, 2.75) is 12.3 Å². The van der Waals surface area contributed by atoms with Crippen LogP contribution in [-0.2, 0) is 6.18 Å². The van der Waals surface area contributed by atoms with Crippen LogP contribution < -0.4 is 0 Å². The number of nitrogens with zero attached hydrogens (tertiary/aromatic N) is 1. The van der Waals surface area contributed by atoms with Gasteiger partial charge in [-0.3, -0.25) is 0 Å². The molecule has 2 aromatic rings. The predicted molar refractivity (Wildman–Crippen MR) is 69.7 cm³/mol. The van der Waals surface area contributed by atoms with Crippen molar-refractivity contribution in [3.05, 3.63) is 63.1 Å². The van der Waals surface area contributed by atoms with E-state index in [4.69, 9.17) is 23.2 Å². The van der Waals surface area contributed by atoms with Gasteiger partial charge in [0, 0.05) is 5.56 Å². The molecule has 2 nitrogen and oxygen atoms in total. The maximum atomic E-state index is 13.1. The van der Waals surface area contributed by atoms with E-state index in [1.54, 1.807) is 0 Å². The maximum Gasteiger partial charge on any atom is 0.433 e. The average Bonchev–Trinajstić information content (AvgIpc) is 2.40. The topological polar surface area (TPSA) is 33.1 Å². The second-order valence-electron chi connectivity index (χ2n) is 4.15. The monoisotopic (exact) mass is 339 g/mol. The Bertz CT molecular complexity index is 676. The highest BCUT2D eigenvalue weighted by Gasteiger charge is 2.33. The van der Waals surface area contributed by atoms with Crippen LogP contribution in [-0.4, -0.2) is 10.1 Å². The first-order chi connectivity index (χ1) is 9.70. The van der Waals surface area contributed by atoms with Gasteiger partial charge in [-0.2, -0.15) is 13.2 Å². The summed E-state index contributed by atoms with van der Waals surface area (Å²) in [5, 5.41) is 9.39. The van der Waals surface area contributed by atoms with Gasteiger partial charge in [-0.15, -0.1) is 0 Å². The highest BCUT2D eigenvalue weighted by atomic mass is 35.5. The molecule has 1 N–H and O–H groups in total. The van der Waals surface area contributed by atoms with Gasteiger partial charge < -0.3 is 5.11 Å². The number of hydrogen-bond donors (Lipinski definition) is 1. The van der Waals surface area contributed by atoms with E-state index >= 15 is 0 Å². The zero-order valence-electron chi connectivity index (χ0n) is 10.1. The van der Waals surface area contributed by atoms with E-state index in [9.17, 15) is 22.7 Å². The van der Waals surface area contributed by atoms with Crippen molar-refractivity contribution >= 4 is 23.2 Å². The first-order valence-electron chi connectivity index (χ1n) is 5.57. The van der Waals surface area contributed by atoms with Crippen molar-refractivity contribution in [1.82, 2.24) is 4.98 Å². The van der Waals surface area contributed by atoms with Crippen LogP contribution >= 0.6 is 23.2 Å². The summed E-state index contributed by atoms with van der Waals surface area (Å²) in [5.41, 5.74) is -1.02. The Balaban J connectivity index is 2.39. The number of hydrogen-bond acceptors (Lipinski definition) is 2. The van der Waals surface area contributed by atoms with Crippen LogP contribution in [0.3, 0.4) is 0 Å². The number of aromatic nitrogens is 1. The minimum atomic E-state index is -4.63. The van der Waals surface area contributed by atoms with E-state index in [0.717, 1.165) is 18.2 Å². The summed E-state index contributed by atoms with van der Waals surface area (Å²) in [6.07, 6.45) is -6.00. The third-order valence-corrected chi connectivity index (χ3v) is 3.31. The van der Waals surface area contributed by atoms with Gasteiger partial charge in [0.05, 0.1) is 5.02 Å². The molecular formula is C13H7Cl2F4NO. The van der Waals surface area contributed by atoms with Crippen molar-refractivity contribution in [2.75, 3.05) is 0 Å².